The highest BCUT2D eigenvalue weighted by atomic mass is 16.5. The Morgan fingerprint density at radius 3 is 2.44 bits per heavy atom. The number of fused-ring (bicyclic) bond motifs is 1. The first-order valence-corrected chi connectivity index (χ1v) is 13.1. The van der Waals surface area contributed by atoms with E-state index in [4.69, 9.17) is 9.94 Å². The molecule has 0 bridgehead atoms. The van der Waals surface area contributed by atoms with E-state index in [9.17, 15) is 14.4 Å². The highest BCUT2D eigenvalue weighted by Gasteiger charge is 2.25. The quantitative estimate of drug-likeness (QED) is 0.0964. The van der Waals surface area contributed by atoms with Crippen molar-refractivity contribution in [2.24, 2.45) is 0 Å². The molecule has 1 fully saturated rings. The minimum absolute atomic E-state index is 0.00538. The first-order valence-electron chi connectivity index (χ1n) is 13.1. The Labute approximate surface area is 234 Å². The third kappa shape index (κ3) is 5.96. The molecule has 4 heterocycles. The normalized spacial score (nSPS) is 13.2. The lowest BCUT2D eigenvalue weighted by atomic mass is 10.0. The van der Waals surface area contributed by atoms with Crippen LogP contribution in [0.15, 0.2) is 41.7 Å². The molecule has 41 heavy (non-hydrogen) atoms. The van der Waals surface area contributed by atoms with Crippen molar-refractivity contribution in [1.82, 2.24) is 35.0 Å². The fourth-order valence-corrected chi connectivity index (χ4v) is 4.90. The summed E-state index contributed by atoms with van der Waals surface area (Å²) in [4.78, 5) is 58.5. The second-order valence-electron chi connectivity index (χ2n) is 9.62. The molecule has 0 unspecified atom stereocenters. The number of rotatable bonds is 10. The lowest BCUT2D eigenvalue weighted by Gasteiger charge is -2.19. The molecule has 5 rings (SSSR count). The van der Waals surface area contributed by atoms with E-state index in [-0.39, 0.29) is 34.5 Å². The maximum atomic E-state index is 13.4. The molecule has 1 amide bonds. The molecule has 1 aliphatic carbocycles. The number of anilines is 3. The summed E-state index contributed by atoms with van der Waals surface area (Å²) >= 11 is 0. The van der Waals surface area contributed by atoms with Gasteiger partial charge in [-0.3, -0.25) is 24.2 Å². The van der Waals surface area contributed by atoms with Crippen LogP contribution in [0, 0.1) is 6.92 Å². The molecule has 0 radical (unpaired) electrons. The number of hydroxylamine groups is 1. The summed E-state index contributed by atoms with van der Waals surface area (Å²) in [6.45, 7) is 3.86. The fraction of sp³-hybridized carbons (Fsp3) is 0.333. The van der Waals surface area contributed by atoms with Gasteiger partial charge in [-0.15, -0.1) is 0 Å². The lowest BCUT2D eigenvalue weighted by Crippen LogP contribution is -2.30. The molecule has 0 aliphatic heterocycles. The maximum absolute atomic E-state index is 13.4. The van der Waals surface area contributed by atoms with Gasteiger partial charge in [0.25, 0.3) is 11.5 Å². The summed E-state index contributed by atoms with van der Waals surface area (Å²) in [5.74, 6) is 0.661. The second kappa shape index (κ2) is 12.0. The third-order valence-corrected chi connectivity index (χ3v) is 6.90. The van der Waals surface area contributed by atoms with Crippen molar-refractivity contribution in [3.8, 4) is 5.75 Å². The molecule has 212 valence electrons. The molecule has 0 spiro atoms. The van der Waals surface area contributed by atoms with Gasteiger partial charge >= 0.3 is 0 Å². The highest BCUT2D eigenvalue weighted by molar-refractivity contribution is 5.99. The minimum Gasteiger partial charge on any atom is -0.490 e. The summed E-state index contributed by atoms with van der Waals surface area (Å²) in [5, 5.41) is 15.4. The number of carbonyl (C=O) groups excluding carboxylic acids is 2. The van der Waals surface area contributed by atoms with Gasteiger partial charge < -0.3 is 15.4 Å². The molecule has 0 aromatic carbocycles. The molecule has 0 atom stereocenters. The Hall–Kier alpha value is -4.98. The molecule has 4 aromatic rings. The summed E-state index contributed by atoms with van der Waals surface area (Å²) < 4.78 is 7.37. The van der Waals surface area contributed by atoms with Crippen LogP contribution >= 0.6 is 0 Å². The number of amides is 1. The summed E-state index contributed by atoms with van der Waals surface area (Å²) in [7, 11) is 0. The van der Waals surface area contributed by atoms with Gasteiger partial charge in [0.2, 0.25) is 11.9 Å². The van der Waals surface area contributed by atoms with Crippen molar-refractivity contribution in [3.63, 3.8) is 0 Å². The van der Waals surface area contributed by atoms with E-state index < -0.39 is 5.91 Å². The largest absolute Gasteiger partial charge is 0.490 e. The molecule has 0 saturated heterocycles. The standard InChI is InChI=1S/C27H29N9O5/c1-15-20-14-32-27(34-23(20)36(18-5-3-4-6-18)25(39)22(15)16(2)37)33-21-8-7-19(13-29-21)41-10-9-28-26-30-11-17(12-31-26)24(38)35-40/h7-8,11-14,18,40H,3-6,9-10H2,1-2H3,(H,35,38)(H,28,30,31)(H,29,32,33,34). The van der Waals surface area contributed by atoms with E-state index in [1.807, 2.05) is 0 Å². The van der Waals surface area contributed by atoms with E-state index in [1.165, 1.54) is 24.8 Å². The van der Waals surface area contributed by atoms with E-state index in [0.29, 0.717) is 47.3 Å². The number of hydrogen-bond donors (Lipinski definition) is 4. The smallest absolute Gasteiger partial charge is 0.277 e. The van der Waals surface area contributed by atoms with Gasteiger partial charge in [-0.2, -0.15) is 4.98 Å². The lowest BCUT2D eigenvalue weighted by molar-refractivity contribution is 0.0705. The van der Waals surface area contributed by atoms with Crippen molar-refractivity contribution in [2.75, 3.05) is 23.8 Å². The molecule has 1 aliphatic rings. The maximum Gasteiger partial charge on any atom is 0.277 e. The van der Waals surface area contributed by atoms with Crippen LogP contribution in [0.4, 0.5) is 17.7 Å². The predicted molar refractivity (Wildman–Crippen MR) is 149 cm³/mol. The van der Waals surface area contributed by atoms with Gasteiger partial charge in [-0.25, -0.2) is 25.4 Å². The number of carbonyl (C=O) groups is 2. The first kappa shape index (κ1) is 27.6. The van der Waals surface area contributed by atoms with Crippen LogP contribution in [0.3, 0.4) is 0 Å². The van der Waals surface area contributed by atoms with Crippen molar-refractivity contribution in [1.29, 1.82) is 0 Å². The monoisotopic (exact) mass is 559 g/mol. The Bertz CT molecular complexity index is 1630. The van der Waals surface area contributed by atoms with Gasteiger partial charge in [-0.05, 0) is 44.4 Å². The Morgan fingerprint density at radius 2 is 1.78 bits per heavy atom. The molecular weight excluding hydrogens is 530 g/mol. The van der Waals surface area contributed by atoms with Gasteiger partial charge in [0.1, 0.15) is 23.8 Å². The number of pyridine rings is 2. The van der Waals surface area contributed by atoms with Gasteiger partial charge in [-0.1, -0.05) is 12.8 Å². The highest BCUT2D eigenvalue weighted by Crippen LogP contribution is 2.32. The number of aryl methyl sites for hydroxylation is 1. The van der Waals surface area contributed by atoms with Crippen molar-refractivity contribution in [3.05, 3.63) is 64.0 Å². The zero-order chi connectivity index (χ0) is 28.9. The average molecular weight is 560 g/mol. The van der Waals surface area contributed by atoms with Crippen LogP contribution < -0.4 is 26.4 Å². The number of aromatic nitrogens is 6. The molecule has 1 saturated carbocycles. The van der Waals surface area contributed by atoms with Crippen LogP contribution in [0.1, 0.15) is 64.9 Å². The molecule has 14 nitrogen and oxygen atoms in total. The van der Waals surface area contributed by atoms with Gasteiger partial charge in [0, 0.05) is 30.0 Å². The first-order chi connectivity index (χ1) is 19.9. The number of hydrogen-bond acceptors (Lipinski definition) is 12. The molecule has 14 heteroatoms. The topological polar surface area (TPSA) is 186 Å². The average Bonchev–Trinajstić information content (AvgIpc) is 3.50. The van der Waals surface area contributed by atoms with Crippen molar-refractivity contribution >= 4 is 40.4 Å². The zero-order valence-electron chi connectivity index (χ0n) is 22.5. The molecule has 4 aromatic heterocycles. The van der Waals surface area contributed by atoms with Crippen molar-refractivity contribution < 1.29 is 19.5 Å². The van der Waals surface area contributed by atoms with E-state index >= 15 is 0 Å². The third-order valence-electron chi connectivity index (χ3n) is 6.90. The number of Topliss-reactive ketones (excluding diaryl/α,β-unsaturated/α-hetero) is 1. The number of nitrogens with zero attached hydrogens (tertiary/aromatic N) is 6. The van der Waals surface area contributed by atoms with Crippen LogP contribution in [-0.2, 0) is 0 Å². The van der Waals surface area contributed by atoms with Crippen molar-refractivity contribution in [2.45, 2.75) is 45.6 Å². The van der Waals surface area contributed by atoms with E-state index in [1.54, 1.807) is 36.0 Å². The number of nitrogens with one attached hydrogen (secondary N) is 3. The van der Waals surface area contributed by atoms with Crippen LogP contribution in [0.5, 0.6) is 5.75 Å². The zero-order valence-corrected chi connectivity index (χ0v) is 22.5. The predicted octanol–water partition coefficient (Wildman–Crippen LogP) is 2.96. The van der Waals surface area contributed by atoms with Crippen LogP contribution in [-0.4, -0.2) is 59.5 Å². The minimum atomic E-state index is -0.694. The van der Waals surface area contributed by atoms with Crippen LogP contribution in [0.25, 0.3) is 11.0 Å². The fourth-order valence-electron chi connectivity index (χ4n) is 4.90. The molecule has 4 N–H and O–H groups in total. The Morgan fingerprint density at radius 1 is 1.05 bits per heavy atom. The van der Waals surface area contributed by atoms with Crippen LogP contribution in [0.2, 0.25) is 0 Å². The second-order valence-corrected chi connectivity index (χ2v) is 9.62. The summed E-state index contributed by atoms with van der Waals surface area (Å²) in [6, 6.07) is 3.46. The number of ether oxygens (including phenoxy) is 1. The van der Waals surface area contributed by atoms with Gasteiger partial charge in [0.15, 0.2) is 5.78 Å². The Balaban J connectivity index is 1.25. The van der Waals surface area contributed by atoms with E-state index in [0.717, 1.165) is 25.7 Å². The SMILES string of the molecule is CC(=O)c1c(C)c2cnc(Nc3ccc(OCCNc4ncc(C(=O)NO)cn4)cn3)nc2n(C2CCCC2)c1=O. The number of ketones is 1. The summed E-state index contributed by atoms with van der Waals surface area (Å²) in [6.07, 6.45) is 9.55. The molecular formula is C27H29N9O5. The van der Waals surface area contributed by atoms with Gasteiger partial charge in [0.05, 0.1) is 23.9 Å². The van der Waals surface area contributed by atoms with E-state index in [2.05, 4.69) is 35.6 Å². The Kier molecular flexibility index (Phi) is 8.10. The summed E-state index contributed by atoms with van der Waals surface area (Å²) in [5.41, 5.74) is 2.63.